The highest BCUT2D eigenvalue weighted by atomic mass is 79.9. The molecule has 1 aromatic heterocycles. The maximum Gasteiger partial charge on any atom is 0.142 e. The van der Waals surface area contributed by atoms with Crippen molar-refractivity contribution in [1.29, 1.82) is 5.26 Å². The number of hydrogen-bond donors (Lipinski definition) is 1. The van der Waals surface area contributed by atoms with E-state index in [0.29, 0.717) is 5.56 Å². The summed E-state index contributed by atoms with van der Waals surface area (Å²) < 4.78 is 0.986. The van der Waals surface area contributed by atoms with Gasteiger partial charge in [-0.25, -0.2) is 4.98 Å². The normalized spacial score (nSPS) is 10.2. The number of nitrogens with zero attached hydrogens (tertiary/aromatic N) is 2. The van der Waals surface area contributed by atoms with E-state index < -0.39 is 0 Å². The average molecular weight is 350 g/mol. The lowest BCUT2D eigenvalue weighted by Gasteiger charge is -2.10. The molecule has 3 rings (SSSR count). The number of nitrogens with two attached hydrogens (primary N) is 1. The van der Waals surface area contributed by atoms with Crippen LogP contribution in [0.5, 0.6) is 0 Å². The lowest BCUT2D eigenvalue weighted by atomic mass is 9.98. The Labute approximate surface area is 137 Å². The van der Waals surface area contributed by atoms with Gasteiger partial charge in [-0.2, -0.15) is 5.26 Å². The number of aromatic nitrogens is 1. The van der Waals surface area contributed by atoms with Crippen LogP contribution in [0.4, 0.5) is 5.82 Å². The average Bonchev–Trinajstić information content (AvgIpc) is 2.55. The van der Waals surface area contributed by atoms with Crippen molar-refractivity contribution in [3.63, 3.8) is 0 Å². The van der Waals surface area contributed by atoms with Crippen molar-refractivity contribution in [1.82, 2.24) is 4.98 Å². The summed E-state index contributed by atoms with van der Waals surface area (Å²) in [6.07, 6.45) is 0. The molecular weight excluding hydrogens is 338 g/mol. The van der Waals surface area contributed by atoms with Gasteiger partial charge in [-0.15, -0.1) is 0 Å². The van der Waals surface area contributed by atoms with Gasteiger partial charge in [0.05, 0.1) is 5.69 Å². The molecule has 2 N–H and O–H groups in total. The molecule has 0 aliphatic heterocycles. The molecule has 0 unspecified atom stereocenters. The number of pyridine rings is 1. The maximum absolute atomic E-state index is 9.40. The van der Waals surface area contributed by atoms with Crippen LogP contribution in [0.25, 0.3) is 22.4 Å². The minimum atomic E-state index is 0.252. The van der Waals surface area contributed by atoms with Crippen LogP contribution in [0.15, 0.2) is 65.1 Å². The van der Waals surface area contributed by atoms with Gasteiger partial charge in [-0.05, 0) is 23.8 Å². The van der Waals surface area contributed by atoms with Crippen LogP contribution in [0.3, 0.4) is 0 Å². The van der Waals surface area contributed by atoms with E-state index in [2.05, 4.69) is 27.0 Å². The highest BCUT2D eigenvalue weighted by Crippen LogP contribution is 2.31. The quantitative estimate of drug-likeness (QED) is 0.733. The summed E-state index contributed by atoms with van der Waals surface area (Å²) in [5.74, 6) is 0.252. The van der Waals surface area contributed by atoms with E-state index in [4.69, 9.17) is 5.73 Å². The third kappa shape index (κ3) is 2.72. The first-order chi connectivity index (χ1) is 10.7. The van der Waals surface area contributed by atoms with E-state index in [1.54, 1.807) is 0 Å². The zero-order chi connectivity index (χ0) is 15.5. The first kappa shape index (κ1) is 14.3. The Morgan fingerprint density at radius 1 is 0.955 bits per heavy atom. The zero-order valence-corrected chi connectivity index (χ0v) is 13.2. The predicted molar refractivity (Wildman–Crippen MR) is 91.9 cm³/mol. The second-order valence-corrected chi connectivity index (χ2v) is 5.72. The molecule has 0 bridgehead atoms. The second kappa shape index (κ2) is 6.00. The molecule has 0 fully saturated rings. The van der Waals surface area contributed by atoms with Crippen molar-refractivity contribution in [3.8, 4) is 28.5 Å². The van der Waals surface area contributed by atoms with Crippen molar-refractivity contribution in [2.24, 2.45) is 0 Å². The van der Waals surface area contributed by atoms with E-state index in [1.165, 1.54) is 0 Å². The Balaban J connectivity index is 2.22. The van der Waals surface area contributed by atoms with Gasteiger partial charge in [0.1, 0.15) is 17.5 Å². The van der Waals surface area contributed by atoms with Crippen LogP contribution in [-0.2, 0) is 0 Å². The van der Waals surface area contributed by atoms with Crippen LogP contribution in [0.2, 0.25) is 0 Å². The predicted octanol–water partition coefficient (Wildman–Crippen LogP) is 4.63. The van der Waals surface area contributed by atoms with Crippen LogP contribution in [-0.4, -0.2) is 4.98 Å². The van der Waals surface area contributed by atoms with Gasteiger partial charge in [0.25, 0.3) is 0 Å². The van der Waals surface area contributed by atoms with Gasteiger partial charge >= 0.3 is 0 Å². The highest BCUT2D eigenvalue weighted by Gasteiger charge is 2.13. The molecule has 106 valence electrons. The van der Waals surface area contributed by atoms with Crippen molar-refractivity contribution >= 4 is 21.7 Å². The highest BCUT2D eigenvalue weighted by molar-refractivity contribution is 9.10. The molecule has 0 aliphatic carbocycles. The molecule has 22 heavy (non-hydrogen) atoms. The Bertz CT molecular complexity index is 850. The van der Waals surface area contributed by atoms with Crippen molar-refractivity contribution < 1.29 is 0 Å². The zero-order valence-electron chi connectivity index (χ0n) is 11.6. The fraction of sp³-hybridized carbons (Fsp3) is 0. The van der Waals surface area contributed by atoms with Crippen molar-refractivity contribution in [2.45, 2.75) is 0 Å². The third-order valence-corrected chi connectivity index (χ3v) is 3.91. The first-order valence-corrected chi connectivity index (χ1v) is 7.50. The van der Waals surface area contributed by atoms with Gasteiger partial charge in [0.15, 0.2) is 0 Å². The van der Waals surface area contributed by atoms with Gasteiger partial charge in [0.2, 0.25) is 0 Å². The van der Waals surface area contributed by atoms with Gasteiger partial charge in [0, 0.05) is 15.6 Å². The van der Waals surface area contributed by atoms with E-state index in [0.717, 1.165) is 26.9 Å². The molecule has 3 aromatic rings. The minimum Gasteiger partial charge on any atom is -0.383 e. The fourth-order valence-electron chi connectivity index (χ4n) is 2.30. The lowest BCUT2D eigenvalue weighted by molar-refractivity contribution is 1.31. The molecule has 0 atom stereocenters. The number of benzene rings is 2. The van der Waals surface area contributed by atoms with Crippen LogP contribution in [0.1, 0.15) is 5.56 Å². The van der Waals surface area contributed by atoms with Crippen molar-refractivity contribution in [3.05, 3.63) is 70.7 Å². The Morgan fingerprint density at radius 3 is 2.27 bits per heavy atom. The lowest BCUT2D eigenvalue weighted by Crippen LogP contribution is -1.99. The van der Waals surface area contributed by atoms with Gasteiger partial charge < -0.3 is 5.73 Å². The second-order valence-electron chi connectivity index (χ2n) is 4.80. The number of hydrogen-bond acceptors (Lipinski definition) is 3. The summed E-state index contributed by atoms with van der Waals surface area (Å²) in [5, 5.41) is 9.40. The largest absolute Gasteiger partial charge is 0.383 e. The number of anilines is 1. The minimum absolute atomic E-state index is 0.252. The summed E-state index contributed by atoms with van der Waals surface area (Å²) in [5.41, 5.74) is 9.86. The van der Waals surface area contributed by atoms with Crippen LogP contribution < -0.4 is 5.73 Å². The van der Waals surface area contributed by atoms with Crippen LogP contribution in [0, 0.1) is 11.3 Å². The summed E-state index contributed by atoms with van der Waals surface area (Å²) in [7, 11) is 0. The molecule has 2 aromatic carbocycles. The molecular formula is C18H12BrN3. The summed E-state index contributed by atoms with van der Waals surface area (Å²) in [4.78, 5) is 4.36. The Kier molecular flexibility index (Phi) is 3.90. The fourth-order valence-corrected chi connectivity index (χ4v) is 2.56. The smallest absolute Gasteiger partial charge is 0.142 e. The molecule has 0 aliphatic rings. The topological polar surface area (TPSA) is 62.7 Å². The van der Waals surface area contributed by atoms with Crippen molar-refractivity contribution in [2.75, 3.05) is 5.73 Å². The van der Waals surface area contributed by atoms with Crippen LogP contribution >= 0.6 is 15.9 Å². The summed E-state index contributed by atoms with van der Waals surface area (Å²) in [6.45, 7) is 0. The molecule has 3 nitrogen and oxygen atoms in total. The molecule has 0 saturated heterocycles. The number of nitriles is 1. The van der Waals surface area contributed by atoms with E-state index in [9.17, 15) is 5.26 Å². The number of rotatable bonds is 2. The van der Waals surface area contributed by atoms with E-state index in [1.807, 2.05) is 60.7 Å². The molecule has 0 amide bonds. The summed E-state index contributed by atoms with van der Waals surface area (Å²) in [6, 6.07) is 21.6. The summed E-state index contributed by atoms with van der Waals surface area (Å²) >= 11 is 3.42. The maximum atomic E-state index is 9.40. The number of halogens is 1. The van der Waals surface area contributed by atoms with E-state index in [-0.39, 0.29) is 5.82 Å². The monoisotopic (exact) mass is 349 g/mol. The molecule has 1 heterocycles. The third-order valence-electron chi connectivity index (χ3n) is 3.38. The standard InChI is InChI=1S/C18H12BrN3/c19-14-8-6-12(7-9-14)15-10-17(13-4-2-1-3-5-13)22-18(21)16(15)11-20/h1-10H,(H2,21,22). The molecule has 0 spiro atoms. The Hall–Kier alpha value is -2.64. The van der Waals surface area contributed by atoms with E-state index >= 15 is 0 Å². The molecule has 0 radical (unpaired) electrons. The van der Waals surface area contributed by atoms with Gasteiger partial charge in [-0.1, -0.05) is 58.4 Å². The molecule has 0 saturated carbocycles. The van der Waals surface area contributed by atoms with Gasteiger partial charge in [-0.3, -0.25) is 0 Å². The SMILES string of the molecule is N#Cc1c(-c2ccc(Br)cc2)cc(-c2ccccc2)nc1N. The Morgan fingerprint density at radius 2 is 1.64 bits per heavy atom. The first-order valence-electron chi connectivity index (χ1n) is 6.71. The number of nitrogen functional groups attached to an aromatic ring is 1. The molecule has 4 heteroatoms.